The summed E-state index contributed by atoms with van der Waals surface area (Å²) in [6.45, 7) is 3.09. The third kappa shape index (κ3) is 4.64. The molecule has 0 spiro atoms. The molecule has 1 aromatic heterocycles. The molecule has 2 aromatic rings. The molecule has 2 aliphatic heterocycles. The molecule has 2 unspecified atom stereocenters. The monoisotopic (exact) mass is 427 g/mol. The van der Waals surface area contributed by atoms with Crippen LogP contribution in [0.1, 0.15) is 36.4 Å². The molecule has 4 rings (SSSR count). The smallest absolute Gasteiger partial charge is 0.241 e. The lowest BCUT2D eigenvalue weighted by Gasteiger charge is -2.32. The van der Waals surface area contributed by atoms with Crippen molar-refractivity contribution in [1.82, 2.24) is 20.7 Å². The van der Waals surface area contributed by atoms with Gasteiger partial charge >= 0.3 is 0 Å². The summed E-state index contributed by atoms with van der Waals surface area (Å²) in [7, 11) is 0. The Kier molecular flexibility index (Phi) is 6.32. The van der Waals surface area contributed by atoms with Crippen molar-refractivity contribution in [3.05, 3.63) is 58.9 Å². The second-order valence-electron chi connectivity index (χ2n) is 7.97. The molecule has 30 heavy (non-hydrogen) atoms. The minimum Gasteiger partial charge on any atom is -0.341 e. The molecule has 2 atom stereocenters. The van der Waals surface area contributed by atoms with Gasteiger partial charge in [0.1, 0.15) is 6.04 Å². The number of nitrogens with zero attached hydrogens (tertiary/aromatic N) is 2. The number of benzene rings is 1. The fourth-order valence-corrected chi connectivity index (χ4v) is 4.20. The Morgan fingerprint density at radius 3 is 2.70 bits per heavy atom. The minimum absolute atomic E-state index is 0.0145. The Hall–Kier alpha value is -2.48. The topological polar surface area (TPSA) is 86.4 Å². The molecule has 2 aliphatic rings. The number of carbonyl (C=O) groups is 2. The molecule has 3 N–H and O–H groups in total. The molecule has 2 amide bonds. The second-order valence-corrected chi connectivity index (χ2v) is 8.38. The van der Waals surface area contributed by atoms with Crippen LogP contribution in [0.3, 0.4) is 0 Å². The van der Waals surface area contributed by atoms with Crippen molar-refractivity contribution in [2.45, 2.75) is 38.3 Å². The molecule has 3 heterocycles. The largest absolute Gasteiger partial charge is 0.341 e. The average molecular weight is 428 g/mol. The number of hydrazine groups is 1. The number of halogens is 1. The number of aryl methyl sites for hydroxylation is 1. The summed E-state index contributed by atoms with van der Waals surface area (Å²) in [6, 6.07) is 9.21. The van der Waals surface area contributed by atoms with E-state index in [4.69, 9.17) is 11.6 Å². The van der Waals surface area contributed by atoms with Gasteiger partial charge in [-0.05, 0) is 55.5 Å². The Morgan fingerprint density at radius 1 is 1.20 bits per heavy atom. The van der Waals surface area contributed by atoms with E-state index < -0.39 is 0 Å². The van der Waals surface area contributed by atoms with Crippen LogP contribution < -0.4 is 16.2 Å². The first-order valence-corrected chi connectivity index (χ1v) is 10.7. The summed E-state index contributed by atoms with van der Waals surface area (Å²) in [5.41, 5.74) is 9.05. The van der Waals surface area contributed by atoms with E-state index in [1.54, 1.807) is 12.3 Å². The maximum atomic E-state index is 12.9. The molecule has 0 radical (unpaired) electrons. The van der Waals surface area contributed by atoms with Crippen LogP contribution in [0.5, 0.6) is 0 Å². The molecular formula is C22H26ClN5O2. The van der Waals surface area contributed by atoms with Gasteiger partial charge in [0.2, 0.25) is 11.8 Å². The molecule has 158 valence electrons. The summed E-state index contributed by atoms with van der Waals surface area (Å²) in [5.74, 6) is -0.0377. The predicted octanol–water partition coefficient (Wildman–Crippen LogP) is 2.83. The number of hydrogen-bond acceptors (Lipinski definition) is 5. The number of rotatable bonds is 4. The Bertz CT molecular complexity index is 915. The standard InChI is InChI=1S/C22H26ClN5O2/c1-14-4-5-17(11-18(14)23)25-21(29)15-6-9-28(10-7-15)22(30)20-12-19(26-27-20)16-3-2-8-24-13-16/h2-5,8,11,13,15,19-20,26-27H,6-7,9-10,12H2,1H3,(H,25,29). The van der Waals surface area contributed by atoms with Gasteiger partial charge in [-0.15, -0.1) is 0 Å². The number of carbonyl (C=O) groups excluding carboxylic acids is 2. The van der Waals surface area contributed by atoms with Gasteiger partial charge in [-0.2, -0.15) is 0 Å². The van der Waals surface area contributed by atoms with E-state index in [2.05, 4.69) is 21.2 Å². The zero-order chi connectivity index (χ0) is 21.1. The number of nitrogens with one attached hydrogen (secondary N) is 3. The van der Waals surface area contributed by atoms with Crippen molar-refractivity contribution in [2.75, 3.05) is 18.4 Å². The van der Waals surface area contributed by atoms with E-state index in [0.717, 1.165) is 11.1 Å². The SMILES string of the molecule is Cc1ccc(NC(=O)C2CCN(C(=O)C3CC(c4cccnc4)NN3)CC2)cc1Cl. The number of anilines is 1. The average Bonchev–Trinajstić information content (AvgIpc) is 3.27. The molecule has 8 heteroatoms. The van der Waals surface area contributed by atoms with Crippen LogP contribution in [-0.2, 0) is 9.59 Å². The molecule has 2 fully saturated rings. The third-order valence-electron chi connectivity index (χ3n) is 5.90. The first-order valence-electron chi connectivity index (χ1n) is 10.3. The Balaban J connectivity index is 1.27. The van der Waals surface area contributed by atoms with Gasteiger partial charge in [0.05, 0.1) is 0 Å². The summed E-state index contributed by atoms with van der Waals surface area (Å²) in [6.07, 6.45) is 5.55. The lowest BCUT2D eigenvalue weighted by atomic mass is 9.94. The van der Waals surface area contributed by atoms with Gasteiger partial charge in [0.15, 0.2) is 0 Å². The fourth-order valence-electron chi connectivity index (χ4n) is 4.02. The molecule has 2 saturated heterocycles. The van der Waals surface area contributed by atoms with Crippen molar-refractivity contribution in [2.24, 2.45) is 5.92 Å². The third-order valence-corrected chi connectivity index (χ3v) is 6.31. The van der Waals surface area contributed by atoms with Gasteiger partial charge in [-0.25, -0.2) is 10.9 Å². The maximum absolute atomic E-state index is 12.9. The highest BCUT2D eigenvalue weighted by Crippen LogP contribution is 2.26. The highest BCUT2D eigenvalue weighted by molar-refractivity contribution is 6.31. The summed E-state index contributed by atoms with van der Waals surface area (Å²) in [4.78, 5) is 31.5. The number of piperidine rings is 1. The number of hydrogen-bond donors (Lipinski definition) is 3. The predicted molar refractivity (Wildman–Crippen MR) is 116 cm³/mol. The van der Waals surface area contributed by atoms with Gasteiger partial charge in [-0.1, -0.05) is 23.7 Å². The number of amides is 2. The van der Waals surface area contributed by atoms with Crippen LogP contribution >= 0.6 is 11.6 Å². The van der Waals surface area contributed by atoms with Crippen molar-refractivity contribution >= 4 is 29.1 Å². The summed E-state index contributed by atoms with van der Waals surface area (Å²) in [5, 5.41) is 3.58. The van der Waals surface area contributed by atoms with Crippen LogP contribution in [0.2, 0.25) is 5.02 Å². The number of aromatic nitrogens is 1. The first-order chi connectivity index (χ1) is 14.5. The van der Waals surface area contributed by atoms with Crippen LogP contribution in [0, 0.1) is 12.8 Å². The number of likely N-dealkylation sites (tertiary alicyclic amines) is 1. The number of pyridine rings is 1. The van der Waals surface area contributed by atoms with E-state index >= 15 is 0 Å². The summed E-state index contributed by atoms with van der Waals surface area (Å²) < 4.78 is 0. The highest BCUT2D eigenvalue weighted by atomic mass is 35.5. The van der Waals surface area contributed by atoms with Crippen LogP contribution in [0.15, 0.2) is 42.7 Å². The fraction of sp³-hybridized carbons (Fsp3) is 0.409. The van der Waals surface area contributed by atoms with E-state index in [1.165, 1.54) is 0 Å². The lowest BCUT2D eigenvalue weighted by Crippen LogP contribution is -2.49. The zero-order valence-electron chi connectivity index (χ0n) is 16.9. The van der Waals surface area contributed by atoms with E-state index in [9.17, 15) is 9.59 Å². The molecule has 0 saturated carbocycles. The van der Waals surface area contributed by atoms with E-state index in [0.29, 0.717) is 43.1 Å². The summed E-state index contributed by atoms with van der Waals surface area (Å²) >= 11 is 6.14. The molecule has 0 bridgehead atoms. The van der Waals surface area contributed by atoms with Crippen LogP contribution in [0.4, 0.5) is 5.69 Å². The molecule has 7 nitrogen and oxygen atoms in total. The highest BCUT2D eigenvalue weighted by Gasteiger charge is 2.35. The van der Waals surface area contributed by atoms with Crippen LogP contribution in [-0.4, -0.2) is 40.8 Å². The van der Waals surface area contributed by atoms with Crippen LogP contribution in [0.25, 0.3) is 0 Å². The molecule has 0 aliphatic carbocycles. The van der Waals surface area contributed by atoms with Gasteiger partial charge in [0.25, 0.3) is 0 Å². The molecule has 1 aromatic carbocycles. The second kappa shape index (κ2) is 9.12. The Labute approximate surface area is 181 Å². The van der Waals surface area contributed by atoms with E-state index in [1.807, 2.05) is 42.3 Å². The first kappa shape index (κ1) is 20.8. The van der Waals surface area contributed by atoms with Crippen molar-refractivity contribution in [3.63, 3.8) is 0 Å². The minimum atomic E-state index is -0.268. The van der Waals surface area contributed by atoms with E-state index in [-0.39, 0.29) is 29.8 Å². The molecular weight excluding hydrogens is 402 g/mol. The quantitative estimate of drug-likeness (QED) is 0.698. The van der Waals surface area contributed by atoms with Gasteiger partial charge in [-0.3, -0.25) is 14.6 Å². The normalized spacial score (nSPS) is 22.1. The zero-order valence-corrected chi connectivity index (χ0v) is 17.7. The van der Waals surface area contributed by atoms with Crippen molar-refractivity contribution < 1.29 is 9.59 Å². The Morgan fingerprint density at radius 2 is 2.00 bits per heavy atom. The van der Waals surface area contributed by atoms with Crippen molar-refractivity contribution in [1.29, 1.82) is 0 Å². The van der Waals surface area contributed by atoms with Crippen molar-refractivity contribution in [3.8, 4) is 0 Å². The van der Waals surface area contributed by atoms with Gasteiger partial charge in [0, 0.05) is 48.2 Å². The maximum Gasteiger partial charge on any atom is 0.241 e. The lowest BCUT2D eigenvalue weighted by molar-refractivity contribution is -0.136. The van der Waals surface area contributed by atoms with Gasteiger partial charge < -0.3 is 10.2 Å².